The van der Waals surface area contributed by atoms with Crippen molar-refractivity contribution in [3.63, 3.8) is 0 Å². The van der Waals surface area contributed by atoms with Crippen LogP contribution in [-0.2, 0) is 20.3 Å². The topological polar surface area (TPSA) is 68.3 Å². The quantitative estimate of drug-likeness (QED) is 0.929. The summed E-state index contributed by atoms with van der Waals surface area (Å²) in [6, 6.07) is 7.59. The van der Waals surface area contributed by atoms with Gasteiger partial charge in [0.05, 0.1) is 18.9 Å². The highest BCUT2D eigenvalue weighted by molar-refractivity contribution is 7.91. The largest absolute Gasteiger partial charge is 0.377 e. The van der Waals surface area contributed by atoms with Crippen LogP contribution in [0.1, 0.15) is 11.3 Å². The molecule has 5 nitrogen and oxygen atoms in total. The average Bonchev–Trinajstić information content (AvgIpc) is 2.83. The lowest BCUT2D eigenvalue weighted by Crippen LogP contribution is -2.59. The zero-order chi connectivity index (χ0) is 15.1. The number of hydrogen-bond acceptors (Lipinski definition) is 5. The van der Waals surface area contributed by atoms with Crippen molar-refractivity contribution in [1.29, 1.82) is 0 Å². The summed E-state index contributed by atoms with van der Waals surface area (Å²) in [7, 11) is -3.76. The van der Waals surface area contributed by atoms with Crippen LogP contribution in [0.2, 0.25) is 0 Å². The second-order valence-electron chi connectivity index (χ2n) is 4.95. The van der Waals surface area contributed by atoms with Gasteiger partial charge in [-0.25, -0.2) is 12.8 Å². The van der Waals surface area contributed by atoms with Gasteiger partial charge in [0.25, 0.3) is 10.0 Å². The van der Waals surface area contributed by atoms with Gasteiger partial charge >= 0.3 is 0 Å². The Bertz CT molecular complexity index is 769. The van der Waals surface area contributed by atoms with Crippen LogP contribution in [-0.4, -0.2) is 26.0 Å². The van der Waals surface area contributed by atoms with Gasteiger partial charge in [0.2, 0.25) is 0 Å². The first kappa shape index (κ1) is 14.6. The maximum atomic E-state index is 14.0. The molecule has 1 fully saturated rings. The second-order valence-corrected chi connectivity index (χ2v) is 7.66. The van der Waals surface area contributed by atoms with Gasteiger partial charge in [-0.1, -0.05) is 18.2 Å². The first-order valence-corrected chi connectivity index (χ1v) is 8.49. The molecule has 112 valence electrons. The number of sulfonamides is 1. The molecule has 0 amide bonds. The maximum absolute atomic E-state index is 14.0. The standard InChI is InChI=1S/C13H13FN2O3S2/c1-9-6-12(20-15-9)21(17,18)16-13(7-19-8-13)10-4-2-3-5-11(10)14/h2-6,16H,7-8H2,1H3. The Morgan fingerprint density at radius 1 is 1.38 bits per heavy atom. The van der Waals surface area contributed by atoms with Gasteiger partial charge in [-0.15, -0.1) is 0 Å². The third-order valence-electron chi connectivity index (χ3n) is 3.29. The highest BCUT2D eigenvalue weighted by atomic mass is 32.2. The van der Waals surface area contributed by atoms with Gasteiger partial charge in [-0.2, -0.15) is 9.10 Å². The molecule has 1 aromatic carbocycles. The van der Waals surface area contributed by atoms with Crippen LogP contribution < -0.4 is 4.72 Å². The summed E-state index contributed by atoms with van der Waals surface area (Å²) >= 11 is 0.896. The number of halogens is 1. The normalized spacial score (nSPS) is 17.4. The van der Waals surface area contributed by atoms with E-state index in [2.05, 4.69) is 9.10 Å². The molecule has 1 aliphatic heterocycles. The van der Waals surface area contributed by atoms with Crippen molar-refractivity contribution in [2.24, 2.45) is 0 Å². The van der Waals surface area contributed by atoms with Crippen molar-refractivity contribution in [3.05, 3.63) is 47.4 Å². The zero-order valence-corrected chi connectivity index (χ0v) is 12.8. The molecule has 2 heterocycles. The molecule has 1 aromatic heterocycles. The van der Waals surface area contributed by atoms with E-state index in [1.807, 2.05) is 0 Å². The zero-order valence-electron chi connectivity index (χ0n) is 11.2. The van der Waals surface area contributed by atoms with Crippen molar-refractivity contribution >= 4 is 21.6 Å². The molecule has 0 spiro atoms. The minimum absolute atomic E-state index is 0.102. The van der Waals surface area contributed by atoms with E-state index in [4.69, 9.17) is 4.74 Å². The predicted octanol–water partition coefficient (Wildman–Crippen LogP) is 1.79. The number of benzene rings is 1. The molecule has 1 N–H and O–H groups in total. The molecule has 0 aliphatic carbocycles. The second kappa shape index (κ2) is 5.13. The molecule has 0 saturated carbocycles. The highest BCUT2D eigenvalue weighted by Gasteiger charge is 2.45. The van der Waals surface area contributed by atoms with Gasteiger partial charge in [-0.05, 0) is 30.6 Å². The Hall–Kier alpha value is -1.35. The molecule has 0 bridgehead atoms. The van der Waals surface area contributed by atoms with Crippen LogP contribution in [0.25, 0.3) is 0 Å². The van der Waals surface area contributed by atoms with E-state index in [1.54, 1.807) is 25.1 Å². The number of aromatic nitrogens is 1. The fraction of sp³-hybridized carbons (Fsp3) is 0.308. The minimum atomic E-state index is -3.76. The van der Waals surface area contributed by atoms with Crippen LogP contribution in [0, 0.1) is 12.7 Å². The molecule has 0 radical (unpaired) electrons. The molecule has 1 aliphatic rings. The summed E-state index contributed by atoms with van der Waals surface area (Å²) in [6.07, 6.45) is 0. The fourth-order valence-electron chi connectivity index (χ4n) is 2.20. The molecule has 1 saturated heterocycles. The van der Waals surface area contributed by atoms with Crippen molar-refractivity contribution in [3.8, 4) is 0 Å². The minimum Gasteiger partial charge on any atom is -0.377 e. The van der Waals surface area contributed by atoms with E-state index in [0.717, 1.165) is 11.5 Å². The summed E-state index contributed by atoms with van der Waals surface area (Å²) in [5.74, 6) is -0.455. The highest BCUT2D eigenvalue weighted by Crippen LogP contribution is 2.33. The molecule has 0 unspecified atom stereocenters. The van der Waals surface area contributed by atoms with E-state index in [9.17, 15) is 12.8 Å². The van der Waals surface area contributed by atoms with E-state index in [-0.39, 0.29) is 17.4 Å². The van der Waals surface area contributed by atoms with Gasteiger partial charge in [0, 0.05) is 5.56 Å². The summed E-state index contributed by atoms with van der Waals surface area (Å²) < 4.78 is 50.6. The van der Waals surface area contributed by atoms with E-state index >= 15 is 0 Å². The fourth-order valence-corrected chi connectivity index (χ4v) is 4.51. The number of aryl methyl sites for hydroxylation is 1. The number of hydrogen-bond donors (Lipinski definition) is 1. The predicted molar refractivity (Wildman–Crippen MR) is 76.1 cm³/mol. The first-order valence-electron chi connectivity index (χ1n) is 6.23. The number of nitrogens with one attached hydrogen (secondary N) is 1. The van der Waals surface area contributed by atoms with Crippen LogP contribution >= 0.6 is 11.5 Å². The lowest BCUT2D eigenvalue weighted by Gasteiger charge is -2.41. The van der Waals surface area contributed by atoms with Crippen LogP contribution in [0.4, 0.5) is 4.39 Å². The molecule has 3 rings (SSSR count). The monoisotopic (exact) mass is 328 g/mol. The molecule has 2 aromatic rings. The SMILES string of the molecule is Cc1cc(S(=O)(=O)NC2(c3ccccc3F)COC2)sn1. The van der Waals surface area contributed by atoms with Crippen LogP contribution in [0.15, 0.2) is 34.5 Å². The lowest BCUT2D eigenvalue weighted by atomic mass is 9.89. The number of rotatable bonds is 4. The van der Waals surface area contributed by atoms with Crippen molar-refractivity contribution in [2.45, 2.75) is 16.7 Å². The molecule has 0 atom stereocenters. The Morgan fingerprint density at radius 3 is 2.62 bits per heavy atom. The molecular formula is C13H13FN2O3S2. The molecule has 8 heteroatoms. The van der Waals surface area contributed by atoms with Crippen molar-refractivity contribution in [2.75, 3.05) is 13.2 Å². The van der Waals surface area contributed by atoms with Gasteiger partial charge < -0.3 is 4.74 Å². The summed E-state index contributed by atoms with van der Waals surface area (Å²) in [5.41, 5.74) is -0.131. The maximum Gasteiger partial charge on any atom is 0.252 e. The Labute approximate surface area is 126 Å². The third-order valence-corrected chi connectivity index (χ3v) is 6.15. The number of nitrogens with zero attached hydrogens (tertiary/aromatic N) is 1. The van der Waals surface area contributed by atoms with Crippen LogP contribution in [0.3, 0.4) is 0 Å². The van der Waals surface area contributed by atoms with E-state index in [0.29, 0.717) is 11.3 Å². The lowest BCUT2D eigenvalue weighted by molar-refractivity contribution is -0.0679. The Morgan fingerprint density at radius 2 is 2.10 bits per heavy atom. The van der Waals surface area contributed by atoms with Crippen molar-refractivity contribution in [1.82, 2.24) is 9.10 Å². The smallest absolute Gasteiger partial charge is 0.252 e. The molecular weight excluding hydrogens is 315 g/mol. The van der Waals surface area contributed by atoms with Gasteiger partial charge in [-0.3, -0.25) is 0 Å². The third kappa shape index (κ3) is 2.59. The Balaban J connectivity index is 1.97. The number of ether oxygens (including phenoxy) is 1. The first-order chi connectivity index (χ1) is 9.93. The summed E-state index contributed by atoms with van der Waals surface area (Å²) in [4.78, 5) is 0. The van der Waals surface area contributed by atoms with E-state index < -0.39 is 21.4 Å². The van der Waals surface area contributed by atoms with E-state index in [1.165, 1.54) is 12.1 Å². The summed E-state index contributed by atoms with van der Waals surface area (Å²) in [6.45, 7) is 1.92. The van der Waals surface area contributed by atoms with Crippen LogP contribution in [0.5, 0.6) is 0 Å². The summed E-state index contributed by atoms with van der Waals surface area (Å²) in [5, 5.41) is 0. The van der Waals surface area contributed by atoms with Gasteiger partial charge in [0.1, 0.15) is 11.4 Å². The van der Waals surface area contributed by atoms with Crippen molar-refractivity contribution < 1.29 is 17.5 Å². The Kier molecular flexibility index (Phi) is 3.56. The van der Waals surface area contributed by atoms with Gasteiger partial charge in [0.15, 0.2) is 4.21 Å². The average molecular weight is 328 g/mol. The molecule has 21 heavy (non-hydrogen) atoms.